The van der Waals surface area contributed by atoms with Crippen LogP contribution in [0.3, 0.4) is 0 Å². The number of likely N-dealkylation sites (tertiary alicyclic amines) is 1. The van der Waals surface area contributed by atoms with Gasteiger partial charge in [-0.05, 0) is 31.0 Å². The van der Waals surface area contributed by atoms with E-state index in [9.17, 15) is 9.59 Å². The molecule has 2 aromatic rings. The van der Waals surface area contributed by atoms with Gasteiger partial charge in [-0.2, -0.15) is 5.10 Å². The van der Waals surface area contributed by atoms with Gasteiger partial charge in [-0.25, -0.2) is 0 Å². The summed E-state index contributed by atoms with van der Waals surface area (Å²) in [7, 11) is 1.61. The Morgan fingerprint density at radius 3 is 2.83 bits per heavy atom. The highest BCUT2D eigenvalue weighted by Gasteiger charge is 2.45. The third kappa shape index (κ3) is 2.69. The number of carbonyl (C=O) groups excluding carboxylic acids is 2. The van der Waals surface area contributed by atoms with Crippen LogP contribution in [0.15, 0.2) is 43.0 Å². The first kappa shape index (κ1) is 15.2. The van der Waals surface area contributed by atoms with Crippen molar-refractivity contribution in [3.8, 4) is 0 Å². The van der Waals surface area contributed by atoms with Gasteiger partial charge in [-0.3, -0.25) is 19.3 Å². The Hall–Kier alpha value is -2.70. The van der Waals surface area contributed by atoms with Gasteiger partial charge in [0.05, 0.1) is 12.1 Å². The fraction of sp³-hybridized carbons (Fsp3) is 0.375. The van der Waals surface area contributed by atoms with E-state index in [0.717, 1.165) is 6.42 Å². The molecule has 3 rings (SSSR count). The number of hydrogen-bond acceptors (Lipinski definition) is 4. The second kappa shape index (κ2) is 6.20. The molecule has 0 spiro atoms. The molecule has 0 bridgehead atoms. The second-order valence-electron chi connectivity index (χ2n) is 5.63. The molecule has 0 saturated carbocycles. The third-order valence-corrected chi connectivity index (χ3v) is 4.26. The molecule has 1 fully saturated rings. The van der Waals surface area contributed by atoms with Gasteiger partial charge in [0.2, 0.25) is 5.91 Å². The van der Waals surface area contributed by atoms with Crippen LogP contribution in [-0.2, 0) is 10.3 Å². The van der Waals surface area contributed by atoms with E-state index in [-0.39, 0.29) is 11.8 Å². The summed E-state index contributed by atoms with van der Waals surface area (Å²) in [4.78, 5) is 31.0. The molecule has 0 radical (unpaired) electrons. The zero-order valence-corrected chi connectivity index (χ0v) is 13.0. The van der Waals surface area contributed by atoms with Crippen molar-refractivity contribution in [1.82, 2.24) is 25.0 Å². The van der Waals surface area contributed by atoms with Crippen molar-refractivity contribution >= 4 is 11.8 Å². The van der Waals surface area contributed by atoms with Gasteiger partial charge in [-0.1, -0.05) is 0 Å². The Bertz CT molecular complexity index is 686. The van der Waals surface area contributed by atoms with Crippen LogP contribution in [-0.4, -0.2) is 51.6 Å². The summed E-state index contributed by atoms with van der Waals surface area (Å²) in [5.41, 5.74) is -0.338. The average Bonchev–Trinajstić information content (AvgIpc) is 3.16. The summed E-state index contributed by atoms with van der Waals surface area (Å²) in [5, 5.41) is 6.97. The molecule has 7 nitrogen and oxygen atoms in total. The number of nitrogens with one attached hydrogen (secondary N) is 1. The van der Waals surface area contributed by atoms with Crippen molar-refractivity contribution in [2.75, 3.05) is 20.1 Å². The van der Waals surface area contributed by atoms with Crippen LogP contribution in [0.1, 0.15) is 23.2 Å². The quantitative estimate of drug-likeness (QED) is 0.902. The topological polar surface area (TPSA) is 80.1 Å². The number of likely N-dealkylation sites (N-methyl/N-ethyl adjacent to an activating group) is 1. The largest absolute Gasteiger partial charge is 0.357 e. The summed E-state index contributed by atoms with van der Waals surface area (Å²) in [6.45, 7) is 0.913. The molecule has 1 saturated heterocycles. The monoisotopic (exact) mass is 313 g/mol. The molecule has 1 unspecified atom stereocenters. The van der Waals surface area contributed by atoms with Crippen LogP contribution < -0.4 is 5.32 Å². The van der Waals surface area contributed by atoms with Gasteiger partial charge < -0.3 is 10.2 Å². The SMILES string of the molecule is CNC(=O)C1(n2cccn2)CCCN(C(=O)c2cccnc2)C1. The lowest BCUT2D eigenvalue weighted by atomic mass is 9.87. The van der Waals surface area contributed by atoms with Crippen LogP contribution in [0.2, 0.25) is 0 Å². The van der Waals surface area contributed by atoms with Crippen LogP contribution in [0.4, 0.5) is 0 Å². The van der Waals surface area contributed by atoms with Crippen molar-refractivity contribution in [3.05, 3.63) is 48.5 Å². The van der Waals surface area contributed by atoms with E-state index >= 15 is 0 Å². The van der Waals surface area contributed by atoms with Gasteiger partial charge >= 0.3 is 0 Å². The molecule has 1 aliphatic rings. The first-order chi connectivity index (χ1) is 11.2. The zero-order valence-electron chi connectivity index (χ0n) is 13.0. The molecule has 1 N–H and O–H groups in total. The number of pyridine rings is 1. The lowest BCUT2D eigenvalue weighted by Crippen LogP contribution is -2.59. The molecule has 0 aromatic carbocycles. The number of rotatable bonds is 3. The minimum atomic E-state index is -0.867. The summed E-state index contributed by atoms with van der Waals surface area (Å²) in [6, 6.07) is 5.25. The molecular weight excluding hydrogens is 294 g/mol. The zero-order chi connectivity index (χ0) is 16.3. The lowest BCUT2D eigenvalue weighted by Gasteiger charge is -2.41. The molecule has 23 heavy (non-hydrogen) atoms. The van der Waals surface area contributed by atoms with Crippen LogP contribution in [0.25, 0.3) is 0 Å². The maximum absolute atomic E-state index is 12.7. The highest BCUT2D eigenvalue weighted by Crippen LogP contribution is 2.29. The molecule has 2 aromatic heterocycles. The number of amides is 2. The van der Waals surface area contributed by atoms with Crippen molar-refractivity contribution in [1.29, 1.82) is 0 Å². The summed E-state index contributed by atoms with van der Waals surface area (Å²) >= 11 is 0. The number of piperidine rings is 1. The molecular formula is C16H19N5O2. The van der Waals surface area contributed by atoms with E-state index in [2.05, 4.69) is 15.4 Å². The number of carbonyl (C=O) groups is 2. The Kier molecular flexibility index (Phi) is 4.10. The van der Waals surface area contributed by atoms with Crippen LogP contribution in [0.5, 0.6) is 0 Å². The van der Waals surface area contributed by atoms with E-state index in [4.69, 9.17) is 0 Å². The maximum atomic E-state index is 12.7. The summed E-state index contributed by atoms with van der Waals surface area (Å²) < 4.78 is 1.66. The molecule has 120 valence electrons. The Labute approximate surface area is 134 Å². The Morgan fingerprint density at radius 1 is 1.30 bits per heavy atom. The Balaban J connectivity index is 1.91. The van der Waals surface area contributed by atoms with E-state index in [1.807, 2.05) is 0 Å². The maximum Gasteiger partial charge on any atom is 0.255 e. The summed E-state index contributed by atoms with van der Waals surface area (Å²) in [5.74, 6) is -0.247. The van der Waals surface area contributed by atoms with Gasteiger partial charge in [-0.15, -0.1) is 0 Å². The van der Waals surface area contributed by atoms with Gasteiger partial charge in [0.25, 0.3) is 5.91 Å². The standard InChI is InChI=1S/C16H19N5O2/c1-17-15(23)16(21-10-4-8-19-21)6-3-9-20(12-16)14(22)13-5-2-7-18-11-13/h2,4-5,7-8,10-11H,3,6,9,12H2,1H3,(H,17,23). The van der Waals surface area contributed by atoms with Crippen LogP contribution in [0, 0.1) is 0 Å². The van der Waals surface area contributed by atoms with Gasteiger partial charge in [0.1, 0.15) is 0 Å². The molecule has 3 heterocycles. The number of aromatic nitrogens is 3. The minimum Gasteiger partial charge on any atom is -0.357 e. The fourth-order valence-electron chi connectivity index (χ4n) is 3.11. The molecule has 1 aliphatic heterocycles. The average molecular weight is 313 g/mol. The first-order valence-corrected chi connectivity index (χ1v) is 7.59. The molecule has 7 heteroatoms. The molecule has 1 atom stereocenters. The van der Waals surface area contributed by atoms with E-state index in [1.54, 1.807) is 59.6 Å². The van der Waals surface area contributed by atoms with E-state index < -0.39 is 5.54 Å². The highest BCUT2D eigenvalue weighted by atomic mass is 16.2. The summed E-state index contributed by atoms with van der Waals surface area (Å²) in [6.07, 6.45) is 7.97. The van der Waals surface area contributed by atoms with Crippen molar-refractivity contribution < 1.29 is 9.59 Å². The van der Waals surface area contributed by atoms with Crippen LogP contribution >= 0.6 is 0 Å². The molecule has 0 aliphatic carbocycles. The van der Waals surface area contributed by atoms with Crippen molar-refractivity contribution in [2.24, 2.45) is 0 Å². The highest BCUT2D eigenvalue weighted by molar-refractivity contribution is 5.95. The normalized spacial score (nSPS) is 21.0. The second-order valence-corrected chi connectivity index (χ2v) is 5.63. The van der Waals surface area contributed by atoms with Gasteiger partial charge in [0.15, 0.2) is 5.54 Å². The lowest BCUT2D eigenvalue weighted by molar-refractivity contribution is -0.132. The molecule has 2 amide bonds. The van der Waals surface area contributed by atoms with E-state index in [0.29, 0.717) is 25.1 Å². The predicted molar refractivity (Wildman–Crippen MR) is 83.6 cm³/mol. The first-order valence-electron chi connectivity index (χ1n) is 7.59. The minimum absolute atomic E-state index is 0.113. The number of hydrogen-bond donors (Lipinski definition) is 1. The smallest absolute Gasteiger partial charge is 0.255 e. The van der Waals surface area contributed by atoms with E-state index in [1.165, 1.54) is 0 Å². The Morgan fingerprint density at radius 2 is 2.17 bits per heavy atom. The van der Waals surface area contributed by atoms with Crippen molar-refractivity contribution in [3.63, 3.8) is 0 Å². The predicted octanol–water partition coefficient (Wildman–Crippen LogP) is 0.656. The number of nitrogens with zero attached hydrogens (tertiary/aromatic N) is 4. The van der Waals surface area contributed by atoms with Crippen molar-refractivity contribution in [2.45, 2.75) is 18.4 Å². The fourth-order valence-corrected chi connectivity index (χ4v) is 3.11. The third-order valence-electron chi connectivity index (χ3n) is 4.26. The van der Waals surface area contributed by atoms with Gasteiger partial charge in [0, 0.05) is 38.4 Å².